The smallest absolute Gasteiger partial charge is 0.313 e. The molecule has 0 spiro atoms. The third kappa shape index (κ3) is 5.92. The van der Waals surface area contributed by atoms with E-state index in [2.05, 4.69) is 22.1 Å². The monoisotopic (exact) mass is 486 g/mol. The zero-order valence-electron chi connectivity index (χ0n) is 18.7. The molecule has 0 aliphatic heterocycles. The fraction of sp³-hybridized carbons (Fsp3) is 0.227. The molecule has 1 heterocycles. The van der Waals surface area contributed by atoms with Gasteiger partial charge in [-0.25, -0.2) is 10.4 Å². The maximum Gasteiger partial charge on any atom is 0.313 e. The average molecular weight is 487 g/mol. The van der Waals surface area contributed by atoms with E-state index in [1.54, 1.807) is 30.3 Å². The summed E-state index contributed by atoms with van der Waals surface area (Å²) in [6.45, 7) is 3.68. The van der Waals surface area contributed by atoms with E-state index >= 15 is 0 Å². The molecular formula is C22H26N6O5S. The van der Waals surface area contributed by atoms with Gasteiger partial charge in [0.2, 0.25) is 0 Å². The van der Waals surface area contributed by atoms with Gasteiger partial charge < -0.3 is 15.8 Å². The first-order chi connectivity index (χ1) is 16.2. The second-order valence-corrected chi connectivity index (χ2v) is 8.32. The number of H-pyrrole nitrogens is 1. The number of carboxylic acids is 1. The van der Waals surface area contributed by atoms with E-state index in [0.717, 1.165) is 22.0 Å². The molecule has 0 saturated carbocycles. The molecule has 2 aromatic carbocycles. The van der Waals surface area contributed by atoms with Gasteiger partial charge in [-0.3, -0.25) is 24.6 Å². The molecule has 3 aromatic rings. The fourth-order valence-electron chi connectivity index (χ4n) is 3.43. The number of thioether (sulfide) groups is 1. The lowest BCUT2D eigenvalue weighted by atomic mass is 9.99. The minimum absolute atomic E-state index is 0.0287. The Balaban J connectivity index is 1.97. The Hall–Kier alpha value is -3.42. The fourth-order valence-corrected chi connectivity index (χ4v) is 4.01. The van der Waals surface area contributed by atoms with Crippen LogP contribution in [-0.4, -0.2) is 64.7 Å². The molecule has 34 heavy (non-hydrogen) atoms. The molecule has 1 unspecified atom stereocenters. The number of anilines is 1. The number of hydrogen-bond acceptors (Lipinski definition) is 9. The van der Waals surface area contributed by atoms with E-state index in [4.69, 9.17) is 15.7 Å². The Morgan fingerprint density at radius 1 is 1.26 bits per heavy atom. The van der Waals surface area contributed by atoms with Crippen molar-refractivity contribution in [2.24, 2.45) is 10.7 Å². The molecule has 12 heteroatoms. The molecule has 0 radical (unpaired) electrons. The molecule has 6 N–H and O–H groups in total. The molecule has 180 valence electrons. The van der Waals surface area contributed by atoms with Gasteiger partial charge in [-0.05, 0) is 59.8 Å². The molecule has 1 atom stereocenters. The number of nitrogens with two attached hydrogens (primary N) is 1. The Morgan fingerprint density at radius 3 is 2.68 bits per heavy atom. The zero-order chi connectivity index (χ0) is 24.8. The summed E-state index contributed by atoms with van der Waals surface area (Å²) in [7, 11) is 3.09. The topological polar surface area (TPSA) is 157 Å². The first kappa shape index (κ1) is 25.2. The van der Waals surface area contributed by atoms with Crippen LogP contribution in [0.1, 0.15) is 22.2 Å². The van der Waals surface area contributed by atoms with Crippen LogP contribution in [0, 0.1) is 0 Å². The van der Waals surface area contributed by atoms with E-state index in [0.29, 0.717) is 28.0 Å². The number of hydrogen-bond donors (Lipinski definition) is 5. The number of fused-ring (bicyclic) bond motifs is 1. The number of carbonyl (C=O) groups excluding carboxylic acids is 1. The largest absolute Gasteiger partial charge is 0.481 e. The Bertz CT molecular complexity index is 1200. The molecule has 0 aliphatic rings. The van der Waals surface area contributed by atoms with Crippen LogP contribution in [-0.2, 0) is 9.63 Å². The van der Waals surface area contributed by atoms with E-state index in [-0.39, 0.29) is 5.75 Å². The highest BCUT2D eigenvalue weighted by Gasteiger charge is 2.19. The first-order valence-corrected chi connectivity index (χ1v) is 11.2. The van der Waals surface area contributed by atoms with Crippen LogP contribution >= 0.6 is 11.8 Å². The number of hydrazine groups is 1. The quantitative estimate of drug-likeness (QED) is 0.112. The number of aromatic amines is 1. The van der Waals surface area contributed by atoms with Gasteiger partial charge in [-0.2, -0.15) is 0 Å². The number of carbonyl (C=O) groups is 2. The Morgan fingerprint density at radius 2 is 2.03 bits per heavy atom. The van der Waals surface area contributed by atoms with Gasteiger partial charge in [0.05, 0.1) is 24.4 Å². The summed E-state index contributed by atoms with van der Waals surface area (Å²) in [6, 6.07) is 12.6. The maximum atomic E-state index is 11.5. The zero-order valence-corrected chi connectivity index (χ0v) is 19.5. The predicted molar refractivity (Wildman–Crippen MR) is 132 cm³/mol. The number of aromatic nitrogens is 1. The van der Waals surface area contributed by atoms with Gasteiger partial charge in [0.15, 0.2) is 0 Å². The lowest BCUT2D eigenvalue weighted by Crippen LogP contribution is -2.37. The number of nitrogens with one attached hydrogen (secondary N) is 2. The first-order valence-electron chi connectivity index (χ1n) is 10.1. The van der Waals surface area contributed by atoms with Gasteiger partial charge in [-0.1, -0.05) is 6.07 Å². The number of nitrogens with zero attached hydrogens (tertiary/aromatic N) is 3. The van der Waals surface area contributed by atoms with Crippen molar-refractivity contribution in [1.29, 1.82) is 0 Å². The van der Waals surface area contributed by atoms with Gasteiger partial charge in [-0.15, -0.1) is 17.0 Å². The van der Waals surface area contributed by atoms with Crippen molar-refractivity contribution in [3.63, 3.8) is 0 Å². The summed E-state index contributed by atoms with van der Waals surface area (Å²) in [5.41, 5.74) is 12.2. The highest BCUT2D eigenvalue weighted by Crippen LogP contribution is 2.33. The van der Waals surface area contributed by atoms with Crippen molar-refractivity contribution in [2.75, 3.05) is 31.0 Å². The van der Waals surface area contributed by atoms with Gasteiger partial charge in [0, 0.05) is 18.0 Å². The molecule has 0 saturated heterocycles. The summed E-state index contributed by atoms with van der Waals surface area (Å²) in [5, 5.41) is 22.1. The highest BCUT2D eigenvalue weighted by molar-refractivity contribution is 7.99. The third-order valence-corrected chi connectivity index (χ3v) is 5.82. The van der Waals surface area contributed by atoms with Crippen molar-refractivity contribution in [1.82, 2.24) is 15.4 Å². The van der Waals surface area contributed by atoms with Gasteiger partial charge in [0.25, 0.3) is 5.91 Å². The predicted octanol–water partition coefficient (Wildman–Crippen LogP) is 2.60. The van der Waals surface area contributed by atoms with Crippen LogP contribution in [0.25, 0.3) is 22.0 Å². The maximum absolute atomic E-state index is 11.5. The van der Waals surface area contributed by atoms with Crippen molar-refractivity contribution in [2.45, 2.75) is 6.17 Å². The van der Waals surface area contributed by atoms with Crippen LogP contribution in [0.3, 0.4) is 0 Å². The molecule has 11 nitrogen and oxygen atoms in total. The van der Waals surface area contributed by atoms with Crippen LogP contribution in [0.15, 0.2) is 47.5 Å². The molecule has 0 aliphatic carbocycles. The third-order valence-electron chi connectivity index (χ3n) is 5.03. The average Bonchev–Trinajstić information content (AvgIpc) is 3.25. The van der Waals surface area contributed by atoms with Crippen molar-refractivity contribution >= 4 is 46.9 Å². The second kappa shape index (κ2) is 11.1. The van der Waals surface area contributed by atoms with Crippen LogP contribution in [0.2, 0.25) is 0 Å². The summed E-state index contributed by atoms with van der Waals surface area (Å²) >= 11 is 1.21. The molecule has 3 rings (SSSR count). The van der Waals surface area contributed by atoms with Crippen LogP contribution in [0.5, 0.6) is 0 Å². The van der Waals surface area contributed by atoms with Crippen molar-refractivity contribution < 1.29 is 24.7 Å². The number of rotatable bonds is 12. The van der Waals surface area contributed by atoms with Crippen molar-refractivity contribution in [3.05, 3.63) is 53.7 Å². The van der Waals surface area contributed by atoms with E-state index in [9.17, 15) is 14.8 Å². The van der Waals surface area contributed by atoms with E-state index in [1.165, 1.54) is 18.9 Å². The summed E-state index contributed by atoms with van der Waals surface area (Å²) in [4.78, 5) is 34.4. The Kier molecular flexibility index (Phi) is 8.26. The Labute approximate surface area is 200 Å². The molecule has 0 bridgehead atoms. The molecule has 0 fully saturated rings. The minimum atomic E-state index is -0.893. The summed E-state index contributed by atoms with van der Waals surface area (Å²) < 4.78 is 0. The van der Waals surface area contributed by atoms with E-state index in [1.807, 2.05) is 24.3 Å². The number of amides is 1. The second-order valence-electron chi connectivity index (χ2n) is 7.33. The van der Waals surface area contributed by atoms with Gasteiger partial charge >= 0.3 is 5.97 Å². The molecule has 1 aromatic heterocycles. The number of aliphatic imine (C=N–C) groups is 1. The van der Waals surface area contributed by atoms with Crippen LogP contribution in [0.4, 0.5) is 5.69 Å². The lowest BCUT2D eigenvalue weighted by Gasteiger charge is -2.27. The molecule has 1 amide bonds. The lowest BCUT2D eigenvalue weighted by molar-refractivity contribution is -0.133. The highest BCUT2D eigenvalue weighted by atomic mass is 32.2. The number of primary amides is 1. The minimum Gasteiger partial charge on any atom is -0.481 e. The number of carboxylic acid groups (broad SMARTS) is 1. The summed E-state index contributed by atoms with van der Waals surface area (Å²) in [6.07, 6.45) is -0.549. The number of benzene rings is 2. The SMILES string of the molecule is C=NC(c1cc(-c2ccc3[nH]c(C(N)=O)cc3c2)cc(N(O)OC)c1)N(C)NCSCC(=O)O. The normalized spacial score (nSPS) is 12.1. The van der Waals surface area contributed by atoms with Gasteiger partial charge in [0.1, 0.15) is 11.9 Å². The standard InChI is InChI=1S/C22H26N6O5S/c1-24-22(27(2)25-12-34-11-20(29)30)16-7-14(8-17(9-16)28(32)33-3)13-4-5-18-15(6-13)10-19(26-18)21(23)31/h4-10,22,25-26,32H,1,11-12H2,2-3H3,(H2,23,31)(H,29,30). The number of aliphatic carboxylic acids is 1. The molecular weight excluding hydrogens is 460 g/mol. The van der Waals surface area contributed by atoms with Crippen molar-refractivity contribution in [3.8, 4) is 11.1 Å². The summed E-state index contributed by atoms with van der Waals surface area (Å²) in [5.74, 6) is -1.11. The van der Waals surface area contributed by atoms with E-state index < -0.39 is 18.0 Å². The van der Waals surface area contributed by atoms with Crippen LogP contribution < -0.4 is 16.4 Å².